The summed E-state index contributed by atoms with van der Waals surface area (Å²) in [6, 6.07) is -0.504. The minimum Gasteiger partial charge on any atom is -0.341 e. The molecule has 0 aliphatic carbocycles. The molecule has 2 rings (SSSR count). The van der Waals surface area contributed by atoms with Crippen molar-refractivity contribution in [1.82, 2.24) is 13.5 Å². The molecular formula is C13H25N3O3S. The van der Waals surface area contributed by atoms with Crippen LogP contribution >= 0.6 is 0 Å². The third-order valence-corrected chi connectivity index (χ3v) is 6.29. The molecule has 0 aromatic carbocycles. The van der Waals surface area contributed by atoms with Crippen LogP contribution in [-0.4, -0.2) is 67.6 Å². The van der Waals surface area contributed by atoms with Crippen LogP contribution in [0.5, 0.6) is 0 Å². The van der Waals surface area contributed by atoms with Crippen molar-refractivity contribution in [3.8, 4) is 0 Å². The highest BCUT2D eigenvalue weighted by atomic mass is 32.2. The van der Waals surface area contributed by atoms with E-state index in [9.17, 15) is 13.2 Å². The predicted octanol–water partition coefficient (Wildman–Crippen LogP) is 0.516. The first kappa shape index (κ1) is 15.7. The first-order valence-electron chi connectivity index (χ1n) is 7.32. The van der Waals surface area contributed by atoms with Crippen LogP contribution in [0.15, 0.2) is 0 Å². The summed E-state index contributed by atoms with van der Waals surface area (Å²) in [6.45, 7) is 4.15. The smallest absolute Gasteiger partial charge is 0.282 e. The Balaban J connectivity index is 2.09. The van der Waals surface area contributed by atoms with Gasteiger partial charge in [-0.3, -0.25) is 4.79 Å². The molecule has 1 amide bonds. The van der Waals surface area contributed by atoms with Gasteiger partial charge < -0.3 is 4.90 Å². The number of carbonyl (C=O) groups excluding carboxylic acids is 1. The molecule has 0 aromatic rings. The van der Waals surface area contributed by atoms with Crippen LogP contribution in [0.2, 0.25) is 0 Å². The van der Waals surface area contributed by atoms with E-state index in [1.165, 1.54) is 22.7 Å². The number of nitrogens with zero attached hydrogens (tertiary/aromatic N) is 3. The van der Waals surface area contributed by atoms with Crippen molar-refractivity contribution < 1.29 is 13.2 Å². The van der Waals surface area contributed by atoms with Gasteiger partial charge in [0.1, 0.15) is 6.04 Å². The summed E-state index contributed by atoms with van der Waals surface area (Å²) in [5, 5.41) is 0. The number of carbonyl (C=O) groups is 1. The lowest BCUT2D eigenvalue weighted by atomic mass is 9.98. The van der Waals surface area contributed by atoms with Gasteiger partial charge in [-0.05, 0) is 31.6 Å². The lowest BCUT2D eigenvalue weighted by Crippen LogP contribution is -2.52. The van der Waals surface area contributed by atoms with E-state index in [1.807, 2.05) is 4.90 Å². The fourth-order valence-electron chi connectivity index (χ4n) is 2.91. The first-order valence-corrected chi connectivity index (χ1v) is 8.72. The molecule has 2 heterocycles. The lowest BCUT2D eigenvalue weighted by molar-refractivity contribution is -0.136. The molecule has 1 atom stereocenters. The topological polar surface area (TPSA) is 60.9 Å². The second-order valence-electron chi connectivity index (χ2n) is 6.07. The van der Waals surface area contributed by atoms with Crippen molar-refractivity contribution >= 4 is 16.1 Å². The molecule has 7 heteroatoms. The highest BCUT2D eigenvalue weighted by molar-refractivity contribution is 7.86. The standard InChI is InChI=1S/C13H25N3O3S/c1-11-6-9-15(10-7-11)13(17)12-5-4-8-16(12)20(18,19)14(2)3/h11-12H,4-10H2,1-3H3/t12-/m1/s1. The SMILES string of the molecule is CC1CCN(C(=O)[C@H]2CCCN2S(=O)(=O)N(C)C)CC1. The number of amides is 1. The fourth-order valence-corrected chi connectivity index (χ4v) is 4.21. The van der Waals surface area contributed by atoms with E-state index in [2.05, 4.69) is 6.92 Å². The second-order valence-corrected chi connectivity index (χ2v) is 8.16. The van der Waals surface area contributed by atoms with Crippen molar-refractivity contribution in [1.29, 1.82) is 0 Å². The van der Waals surface area contributed by atoms with Gasteiger partial charge >= 0.3 is 0 Å². The highest BCUT2D eigenvalue weighted by Gasteiger charge is 2.41. The summed E-state index contributed by atoms with van der Waals surface area (Å²) >= 11 is 0. The third kappa shape index (κ3) is 2.99. The van der Waals surface area contributed by atoms with E-state index >= 15 is 0 Å². The van der Waals surface area contributed by atoms with Crippen LogP contribution in [0, 0.1) is 5.92 Å². The fraction of sp³-hybridized carbons (Fsp3) is 0.923. The minimum absolute atomic E-state index is 0.0141. The average Bonchev–Trinajstić information content (AvgIpc) is 2.88. The van der Waals surface area contributed by atoms with Crippen molar-refractivity contribution in [2.24, 2.45) is 5.92 Å². The van der Waals surface area contributed by atoms with Gasteiger partial charge in [0.25, 0.3) is 10.2 Å². The van der Waals surface area contributed by atoms with Crippen LogP contribution < -0.4 is 0 Å². The van der Waals surface area contributed by atoms with Crippen LogP contribution in [-0.2, 0) is 15.0 Å². The number of hydrogen-bond acceptors (Lipinski definition) is 3. The average molecular weight is 303 g/mol. The zero-order valence-electron chi connectivity index (χ0n) is 12.6. The molecule has 2 aliphatic rings. The molecule has 2 fully saturated rings. The van der Waals surface area contributed by atoms with Crippen molar-refractivity contribution in [2.45, 2.75) is 38.6 Å². The van der Waals surface area contributed by atoms with Crippen molar-refractivity contribution in [3.63, 3.8) is 0 Å². The Kier molecular flexibility index (Phi) is 4.71. The summed E-state index contributed by atoms with van der Waals surface area (Å²) in [6.07, 6.45) is 3.42. The van der Waals surface area contributed by atoms with Gasteiger partial charge in [-0.25, -0.2) is 0 Å². The Morgan fingerprint density at radius 1 is 1.10 bits per heavy atom. The molecule has 0 radical (unpaired) electrons. The Morgan fingerprint density at radius 3 is 2.25 bits per heavy atom. The van der Waals surface area contributed by atoms with Crippen molar-refractivity contribution in [3.05, 3.63) is 0 Å². The Morgan fingerprint density at radius 2 is 1.70 bits per heavy atom. The van der Waals surface area contributed by atoms with Gasteiger partial charge in [0.2, 0.25) is 5.91 Å². The Bertz CT molecular complexity index is 455. The van der Waals surface area contributed by atoms with Gasteiger partial charge in [0.15, 0.2) is 0 Å². The molecule has 0 unspecified atom stereocenters. The predicted molar refractivity (Wildman–Crippen MR) is 77.3 cm³/mol. The largest absolute Gasteiger partial charge is 0.341 e. The quantitative estimate of drug-likeness (QED) is 0.763. The Labute approximate surface area is 121 Å². The van der Waals surface area contributed by atoms with E-state index < -0.39 is 16.3 Å². The zero-order valence-corrected chi connectivity index (χ0v) is 13.4. The maximum Gasteiger partial charge on any atom is 0.282 e. The Hall–Kier alpha value is -0.660. The van der Waals surface area contributed by atoms with Crippen molar-refractivity contribution in [2.75, 3.05) is 33.7 Å². The van der Waals surface area contributed by atoms with E-state index in [0.717, 1.165) is 32.4 Å². The van der Waals surface area contributed by atoms with Crippen LogP contribution in [0.1, 0.15) is 32.6 Å². The van der Waals surface area contributed by atoms with Gasteiger partial charge in [0.05, 0.1) is 0 Å². The summed E-state index contributed by atoms with van der Waals surface area (Å²) in [4.78, 5) is 14.4. The van der Waals surface area contributed by atoms with E-state index in [1.54, 1.807) is 0 Å². The zero-order chi connectivity index (χ0) is 14.9. The monoisotopic (exact) mass is 303 g/mol. The molecule has 6 nitrogen and oxygen atoms in total. The van der Waals surface area contributed by atoms with E-state index in [-0.39, 0.29) is 5.91 Å². The van der Waals surface area contributed by atoms with Gasteiger partial charge in [-0.1, -0.05) is 6.92 Å². The van der Waals surface area contributed by atoms with Gasteiger partial charge in [-0.15, -0.1) is 0 Å². The number of piperidine rings is 1. The summed E-state index contributed by atoms with van der Waals surface area (Å²) < 4.78 is 27.1. The molecule has 116 valence electrons. The van der Waals surface area contributed by atoms with Crippen LogP contribution in [0.3, 0.4) is 0 Å². The molecule has 0 spiro atoms. The number of hydrogen-bond donors (Lipinski definition) is 0. The molecule has 2 saturated heterocycles. The minimum atomic E-state index is -3.50. The second kappa shape index (κ2) is 5.99. The molecule has 0 bridgehead atoms. The maximum atomic E-state index is 12.6. The molecule has 0 saturated carbocycles. The molecular weight excluding hydrogens is 278 g/mol. The molecule has 0 aromatic heterocycles. The number of rotatable bonds is 3. The maximum absolute atomic E-state index is 12.6. The summed E-state index contributed by atoms with van der Waals surface area (Å²) in [7, 11) is -0.478. The molecule has 20 heavy (non-hydrogen) atoms. The highest BCUT2D eigenvalue weighted by Crippen LogP contribution is 2.26. The van der Waals surface area contributed by atoms with Gasteiger partial charge in [0, 0.05) is 33.7 Å². The molecule has 2 aliphatic heterocycles. The van der Waals surface area contributed by atoms with Crippen LogP contribution in [0.25, 0.3) is 0 Å². The molecule has 0 N–H and O–H groups in total. The van der Waals surface area contributed by atoms with Gasteiger partial charge in [-0.2, -0.15) is 17.0 Å². The summed E-state index contributed by atoms with van der Waals surface area (Å²) in [5.41, 5.74) is 0. The summed E-state index contributed by atoms with van der Waals surface area (Å²) in [5.74, 6) is 0.643. The van der Waals surface area contributed by atoms with Crippen LogP contribution in [0.4, 0.5) is 0 Å². The first-order chi connectivity index (χ1) is 9.34. The van der Waals surface area contributed by atoms with E-state index in [4.69, 9.17) is 0 Å². The third-order valence-electron chi connectivity index (χ3n) is 4.34. The lowest BCUT2D eigenvalue weighted by Gasteiger charge is -2.34. The van der Waals surface area contributed by atoms with E-state index in [0.29, 0.717) is 18.9 Å². The number of likely N-dealkylation sites (tertiary alicyclic amines) is 1. The normalized spacial score (nSPS) is 26.4.